The van der Waals surface area contributed by atoms with Crippen molar-refractivity contribution in [2.24, 2.45) is 0 Å². The molecule has 1 aromatic carbocycles. The molecule has 0 bridgehead atoms. The number of para-hydroxylation sites is 1. The molecule has 0 aliphatic rings. The van der Waals surface area contributed by atoms with E-state index in [1.54, 1.807) is 35.6 Å². The Balaban J connectivity index is 1.92. The normalized spacial score (nSPS) is 9.95. The van der Waals surface area contributed by atoms with Crippen LogP contribution in [-0.2, 0) is 0 Å². The van der Waals surface area contributed by atoms with Crippen LogP contribution in [0.2, 0.25) is 0 Å². The number of thiophene rings is 1. The van der Waals surface area contributed by atoms with Gasteiger partial charge < -0.3 is 4.74 Å². The lowest BCUT2D eigenvalue weighted by molar-refractivity contribution is 0.460. The number of nitriles is 1. The Morgan fingerprint density at radius 1 is 1.10 bits per heavy atom. The van der Waals surface area contributed by atoms with Crippen LogP contribution in [0.15, 0.2) is 54.2 Å². The minimum atomic E-state index is 0.422. The molecule has 4 nitrogen and oxygen atoms in total. The molecule has 96 valence electrons. The molecular formula is C15H9N3OS. The van der Waals surface area contributed by atoms with Crippen LogP contribution in [-0.4, -0.2) is 9.97 Å². The summed E-state index contributed by atoms with van der Waals surface area (Å²) in [5, 5.41) is 11.0. The zero-order valence-corrected chi connectivity index (χ0v) is 11.2. The molecule has 5 heteroatoms. The molecule has 3 aromatic rings. The van der Waals surface area contributed by atoms with E-state index in [-0.39, 0.29) is 0 Å². The second kappa shape index (κ2) is 5.51. The van der Waals surface area contributed by atoms with Crippen LogP contribution >= 0.6 is 11.3 Å². The molecule has 0 fully saturated rings. The Labute approximate surface area is 119 Å². The van der Waals surface area contributed by atoms with Gasteiger partial charge in [-0.3, -0.25) is 0 Å². The molecule has 3 rings (SSSR count). The molecule has 0 spiro atoms. The second-order valence-corrected chi connectivity index (χ2v) is 4.88. The quantitative estimate of drug-likeness (QED) is 0.730. The topological polar surface area (TPSA) is 58.8 Å². The Kier molecular flexibility index (Phi) is 3.40. The van der Waals surface area contributed by atoms with Gasteiger partial charge in [0.2, 0.25) is 5.88 Å². The highest BCUT2D eigenvalue weighted by Gasteiger charge is 2.07. The van der Waals surface area contributed by atoms with Gasteiger partial charge in [-0.25, -0.2) is 9.97 Å². The van der Waals surface area contributed by atoms with Crippen LogP contribution in [0, 0.1) is 11.3 Å². The zero-order valence-electron chi connectivity index (χ0n) is 10.4. The van der Waals surface area contributed by atoms with Gasteiger partial charge in [-0.15, -0.1) is 11.3 Å². The lowest BCUT2D eigenvalue weighted by Gasteiger charge is -2.06. The van der Waals surface area contributed by atoms with Crippen molar-refractivity contribution >= 4 is 11.3 Å². The third-order valence-electron chi connectivity index (χ3n) is 2.64. The van der Waals surface area contributed by atoms with Crippen molar-refractivity contribution in [1.29, 1.82) is 5.26 Å². The van der Waals surface area contributed by atoms with Crippen molar-refractivity contribution in [1.82, 2.24) is 9.97 Å². The molecular weight excluding hydrogens is 270 g/mol. The predicted molar refractivity (Wildman–Crippen MR) is 76.6 cm³/mol. The summed E-state index contributed by atoms with van der Waals surface area (Å²) >= 11 is 1.60. The maximum atomic E-state index is 9.04. The second-order valence-electron chi connectivity index (χ2n) is 3.93. The lowest BCUT2D eigenvalue weighted by Crippen LogP contribution is -1.92. The van der Waals surface area contributed by atoms with E-state index in [0.717, 1.165) is 10.6 Å². The molecule has 0 saturated carbocycles. The number of aromatic nitrogens is 2. The fraction of sp³-hybridized carbons (Fsp3) is 0. The molecule has 0 atom stereocenters. The Morgan fingerprint density at radius 2 is 2.00 bits per heavy atom. The third kappa shape index (κ3) is 2.51. The first-order valence-electron chi connectivity index (χ1n) is 5.90. The van der Waals surface area contributed by atoms with E-state index in [0.29, 0.717) is 17.2 Å². The SMILES string of the molecule is N#Cc1ccccc1Oc1cc(-c2cccs2)ncn1. The van der Waals surface area contributed by atoms with Gasteiger partial charge in [-0.1, -0.05) is 18.2 Å². The molecule has 0 saturated heterocycles. The van der Waals surface area contributed by atoms with Gasteiger partial charge in [0.1, 0.15) is 18.1 Å². The monoisotopic (exact) mass is 279 g/mol. The highest BCUT2D eigenvalue weighted by Crippen LogP contribution is 2.27. The largest absolute Gasteiger partial charge is 0.438 e. The summed E-state index contributed by atoms with van der Waals surface area (Å²) in [4.78, 5) is 9.35. The summed E-state index contributed by atoms with van der Waals surface area (Å²) in [5.41, 5.74) is 1.28. The van der Waals surface area contributed by atoms with Gasteiger partial charge in [-0.2, -0.15) is 5.26 Å². The Morgan fingerprint density at radius 3 is 2.80 bits per heavy atom. The van der Waals surface area contributed by atoms with Crippen LogP contribution in [0.25, 0.3) is 10.6 Å². The molecule has 0 aliphatic heterocycles. The molecule has 2 heterocycles. The maximum absolute atomic E-state index is 9.04. The van der Waals surface area contributed by atoms with Crippen molar-refractivity contribution in [2.75, 3.05) is 0 Å². The van der Waals surface area contributed by atoms with Crippen LogP contribution in [0.3, 0.4) is 0 Å². The fourth-order valence-electron chi connectivity index (χ4n) is 1.72. The van der Waals surface area contributed by atoms with Crippen LogP contribution in [0.5, 0.6) is 11.6 Å². The predicted octanol–water partition coefficient (Wildman–Crippen LogP) is 3.87. The van der Waals surface area contributed by atoms with Crippen molar-refractivity contribution in [2.45, 2.75) is 0 Å². The molecule has 0 radical (unpaired) electrons. The molecule has 0 aliphatic carbocycles. The van der Waals surface area contributed by atoms with Gasteiger partial charge in [0.15, 0.2) is 0 Å². The van der Waals surface area contributed by atoms with Gasteiger partial charge >= 0.3 is 0 Å². The van der Waals surface area contributed by atoms with Crippen molar-refractivity contribution in [3.8, 4) is 28.3 Å². The summed E-state index contributed by atoms with van der Waals surface area (Å²) in [6.07, 6.45) is 1.46. The van der Waals surface area contributed by atoms with Crippen molar-refractivity contribution < 1.29 is 4.74 Å². The minimum absolute atomic E-state index is 0.422. The number of hydrogen-bond donors (Lipinski definition) is 0. The van der Waals surface area contributed by atoms with Crippen molar-refractivity contribution in [3.63, 3.8) is 0 Å². The summed E-state index contributed by atoms with van der Waals surface area (Å²) < 4.78 is 5.67. The number of rotatable bonds is 3. The van der Waals surface area contributed by atoms with E-state index in [9.17, 15) is 0 Å². The smallest absolute Gasteiger partial charge is 0.222 e. The number of hydrogen-bond acceptors (Lipinski definition) is 5. The molecule has 0 N–H and O–H groups in total. The van der Waals surface area contributed by atoms with Gasteiger partial charge in [0, 0.05) is 6.07 Å². The average molecular weight is 279 g/mol. The van der Waals surface area contributed by atoms with Crippen LogP contribution in [0.4, 0.5) is 0 Å². The van der Waals surface area contributed by atoms with Gasteiger partial charge in [0.05, 0.1) is 16.1 Å². The summed E-state index contributed by atoms with van der Waals surface area (Å²) in [6, 6.07) is 14.9. The number of ether oxygens (including phenoxy) is 1. The van der Waals surface area contributed by atoms with E-state index < -0.39 is 0 Å². The average Bonchev–Trinajstić information content (AvgIpc) is 3.02. The number of benzene rings is 1. The van der Waals surface area contributed by atoms with Gasteiger partial charge in [-0.05, 0) is 23.6 Å². The van der Waals surface area contributed by atoms with E-state index in [2.05, 4.69) is 16.0 Å². The Hall–Kier alpha value is -2.71. The zero-order chi connectivity index (χ0) is 13.8. The minimum Gasteiger partial charge on any atom is -0.438 e. The fourth-order valence-corrected chi connectivity index (χ4v) is 2.41. The molecule has 0 unspecified atom stereocenters. The van der Waals surface area contributed by atoms with E-state index in [1.165, 1.54) is 6.33 Å². The highest BCUT2D eigenvalue weighted by atomic mass is 32.1. The van der Waals surface area contributed by atoms with Crippen molar-refractivity contribution in [3.05, 3.63) is 59.7 Å². The van der Waals surface area contributed by atoms with E-state index in [4.69, 9.17) is 10.00 Å². The Bertz CT molecular complexity index is 763. The summed E-state index contributed by atoms with van der Waals surface area (Å²) in [6.45, 7) is 0. The standard InChI is InChI=1S/C15H9N3OS/c16-9-11-4-1-2-5-13(11)19-15-8-12(17-10-18-15)14-6-3-7-20-14/h1-8,10H. The summed E-state index contributed by atoms with van der Waals surface area (Å²) in [7, 11) is 0. The lowest BCUT2D eigenvalue weighted by atomic mass is 10.2. The van der Waals surface area contributed by atoms with Gasteiger partial charge in [0.25, 0.3) is 0 Å². The highest BCUT2D eigenvalue weighted by molar-refractivity contribution is 7.13. The molecule has 2 aromatic heterocycles. The first-order chi connectivity index (χ1) is 9.86. The van der Waals surface area contributed by atoms with E-state index in [1.807, 2.05) is 23.6 Å². The molecule has 20 heavy (non-hydrogen) atoms. The first kappa shape index (κ1) is 12.3. The van der Waals surface area contributed by atoms with E-state index >= 15 is 0 Å². The summed E-state index contributed by atoms with van der Waals surface area (Å²) in [5.74, 6) is 0.914. The maximum Gasteiger partial charge on any atom is 0.222 e. The number of nitrogens with zero attached hydrogens (tertiary/aromatic N) is 3. The van der Waals surface area contributed by atoms with Crippen LogP contribution < -0.4 is 4.74 Å². The van der Waals surface area contributed by atoms with Crippen LogP contribution in [0.1, 0.15) is 5.56 Å². The molecule has 0 amide bonds. The first-order valence-corrected chi connectivity index (χ1v) is 6.77. The third-order valence-corrected chi connectivity index (χ3v) is 3.53.